The molecule has 3 rings (SSSR count). The minimum absolute atomic E-state index is 0.0502. The summed E-state index contributed by atoms with van der Waals surface area (Å²) in [5.74, 6) is -1.95. The molecule has 37 heavy (non-hydrogen) atoms. The summed E-state index contributed by atoms with van der Waals surface area (Å²) in [6, 6.07) is 8.62. The minimum atomic E-state index is -0.935. The molecule has 0 aromatic heterocycles. The maximum absolute atomic E-state index is 14.5. The van der Waals surface area contributed by atoms with E-state index in [9.17, 15) is 23.2 Å². The molecule has 0 aliphatic carbocycles. The Bertz CT molecular complexity index is 1100. The second-order valence-corrected chi connectivity index (χ2v) is 9.25. The number of rotatable bonds is 2. The predicted molar refractivity (Wildman–Crippen MR) is 135 cm³/mol. The van der Waals surface area contributed by atoms with Gasteiger partial charge < -0.3 is 25.6 Å². The Kier molecular flexibility index (Phi) is 9.96. The van der Waals surface area contributed by atoms with Crippen molar-refractivity contribution in [3.63, 3.8) is 0 Å². The first kappa shape index (κ1) is 28.0. The highest BCUT2D eigenvalue weighted by molar-refractivity contribution is 5.92. The molecule has 8 nitrogen and oxygen atoms in total. The molecule has 1 heterocycles. The van der Waals surface area contributed by atoms with Gasteiger partial charge in [-0.15, -0.1) is 0 Å². The molecule has 0 saturated carbocycles. The fourth-order valence-corrected chi connectivity index (χ4v) is 4.00. The first-order valence-electron chi connectivity index (χ1n) is 12.4. The number of ether oxygens (including phenoxy) is 1. The number of benzene rings is 2. The van der Waals surface area contributed by atoms with Crippen molar-refractivity contribution < 1.29 is 27.9 Å². The number of fused-ring (bicyclic) bond motifs is 1. The Morgan fingerprint density at radius 1 is 1.03 bits per heavy atom. The quantitative estimate of drug-likeness (QED) is 0.567. The van der Waals surface area contributed by atoms with Crippen molar-refractivity contribution >= 4 is 17.7 Å². The van der Waals surface area contributed by atoms with Crippen LogP contribution in [0.2, 0.25) is 0 Å². The van der Waals surface area contributed by atoms with Crippen molar-refractivity contribution in [3.05, 3.63) is 65.2 Å². The Balaban J connectivity index is 1.81. The molecule has 200 valence electrons. The summed E-state index contributed by atoms with van der Waals surface area (Å²) in [5.41, 5.74) is 1.34. The fourth-order valence-electron chi connectivity index (χ4n) is 4.00. The van der Waals surface area contributed by atoms with E-state index in [4.69, 9.17) is 4.74 Å². The Morgan fingerprint density at radius 3 is 2.49 bits per heavy atom. The number of para-hydroxylation sites is 1. The van der Waals surface area contributed by atoms with Crippen LogP contribution in [0.4, 0.5) is 8.78 Å². The molecular weight excluding hydrogens is 482 g/mol. The SMILES string of the molecule is C[C@@H]1CNCC(=O)N(C)[C@H](C)C(=O)N[C@H](Cc2ccc(F)cc2)C(=O)NCCCc2cccc(F)c2O1. The van der Waals surface area contributed by atoms with E-state index in [1.165, 1.54) is 30.1 Å². The molecule has 3 amide bonds. The lowest BCUT2D eigenvalue weighted by Gasteiger charge is -2.27. The number of likely N-dealkylation sites (N-methyl/N-ethyl adjacent to an activating group) is 1. The van der Waals surface area contributed by atoms with Crippen molar-refractivity contribution in [1.82, 2.24) is 20.9 Å². The minimum Gasteiger partial charge on any atom is -0.486 e. The average molecular weight is 517 g/mol. The molecule has 0 unspecified atom stereocenters. The molecule has 2 aromatic rings. The summed E-state index contributed by atoms with van der Waals surface area (Å²) >= 11 is 0. The van der Waals surface area contributed by atoms with Gasteiger partial charge in [0.15, 0.2) is 11.6 Å². The highest BCUT2D eigenvalue weighted by atomic mass is 19.1. The number of aryl methyl sites for hydroxylation is 1. The maximum atomic E-state index is 14.5. The number of nitrogens with zero attached hydrogens (tertiary/aromatic N) is 1. The third-order valence-corrected chi connectivity index (χ3v) is 6.34. The molecule has 0 radical (unpaired) electrons. The number of halogens is 2. The molecular formula is C27H34F2N4O4. The molecule has 0 saturated heterocycles. The van der Waals surface area contributed by atoms with Gasteiger partial charge in [-0.2, -0.15) is 0 Å². The standard InChI is InChI=1S/C27H34F2N4O4/c1-17-15-30-16-24(34)33(3)18(2)26(35)32-23(14-19-9-11-21(28)12-10-19)27(36)31-13-5-7-20-6-4-8-22(29)25(20)37-17/h4,6,8-12,17-18,23,30H,5,7,13-16H2,1-3H3,(H,31,36)(H,32,35)/t17-,18-,23-/m1/s1. The highest BCUT2D eigenvalue weighted by Gasteiger charge is 2.28. The second-order valence-electron chi connectivity index (χ2n) is 9.25. The summed E-state index contributed by atoms with van der Waals surface area (Å²) in [7, 11) is 1.51. The van der Waals surface area contributed by atoms with E-state index in [-0.39, 0.29) is 31.2 Å². The van der Waals surface area contributed by atoms with Gasteiger partial charge >= 0.3 is 0 Å². The van der Waals surface area contributed by atoms with Gasteiger partial charge in [0.05, 0.1) is 6.54 Å². The molecule has 0 bridgehead atoms. The predicted octanol–water partition coefficient (Wildman–Crippen LogP) is 1.96. The van der Waals surface area contributed by atoms with Gasteiger partial charge in [0, 0.05) is 26.6 Å². The number of nitrogens with one attached hydrogen (secondary N) is 3. The smallest absolute Gasteiger partial charge is 0.243 e. The second kappa shape index (κ2) is 13.1. The van der Waals surface area contributed by atoms with Gasteiger partial charge in [0.2, 0.25) is 17.7 Å². The Labute approximate surface area is 215 Å². The van der Waals surface area contributed by atoms with E-state index in [0.29, 0.717) is 30.5 Å². The number of hydrogen-bond donors (Lipinski definition) is 3. The van der Waals surface area contributed by atoms with Crippen LogP contribution in [0.15, 0.2) is 42.5 Å². The van der Waals surface area contributed by atoms with Gasteiger partial charge in [-0.1, -0.05) is 24.3 Å². The van der Waals surface area contributed by atoms with Crippen LogP contribution in [0, 0.1) is 11.6 Å². The fraction of sp³-hybridized carbons (Fsp3) is 0.444. The third kappa shape index (κ3) is 7.98. The van der Waals surface area contributed by atoms with Crippen LogP contribution >= 0.6 is 0 Å². The van der Waals surface area contributed by atoms with E-state index in [1.54, 1.807) is 38.1 Å². The third-order valence-electron chi connectivity index (χ3n) is 6.34. The molecule has 2 aromatic carbocycles. The topological polar surface area (TPSA) is 99.8 Å². The van der Waals surface area contributed by atoms with Crippen LogP contribution in [-0.2, 0) is 27.2 Å². The van der Waals surface area contributed by atoms with Crippen molar-refractivity contribution in [2.24, 2.45) is 0 Å². The van der Waals surface area contributed by atoms with Gasteiger partial charge in [0.25, 0.3) is 0 Å². The van der Waals surface area contributed by atoms with Gasteiger partial charge in [-0.05, 0) is 56.0 Å². The van der Waals surface area contributed by atoms with E-state index in [1.807, 2.05) is 0 Å². The van der Waals surface area contributed by atoms with Crippen LogP contribution in [0.1, 0.15) is 31.4 Å². The number of carbonyl (C=O) groups excluding carboxylic acids is 3. The van der Waals surface area contributed by atoms with E-state index in [2.05, 4.69) is 16.0 Å². The van der Waals surface area contributed by atoms with Crippen LogP contribution < -0.4 is 20.7 Å². The monoisotopic (exact) mass is 516 g/mol. The summed E-state index contributed by atoms with van der Waals surface area (Å²) in [6.07, 6.45) is 0.704. The summed E-state index contributed by atoms with van der Waals surface area (Å²) in [6.45, 7) is 3.88. The number of carbonyl (C=O) groups is 3. The van der Waals surface area contributed by atoms with Crippen LogP contribution in [-0.4, -0.2) is 67.5 Å². The van der Waals surface area contributed by atoms with Gasteiger partial charge in [0.1, 0.15) is 24.0 Å². The molecule has 3 atom stereocenters. The zero-order valence-electron chi connectivity index (χ0n) is 21.4. The van der Waals surface area contributed by atoms with E-state index in [0.717, 1.165) is 0 Å². The number of amides is 3. The van der Waals surface area contributed by atoms with E-state index < -0.39 is 41.6 Å². The van der Waals surface area contributed by atoms with Gasteiger partial charge in [-0.25, -0.2) is 8.78 Å². The van der Waals surface area contributed by atoms with Crippen molar-refractivity contribution in [2.45, 2.75) is 51.3 Å². The Hall–Kier alpha value is -3.53. The van der Waals surface area contributed by atoms with E-state index >= 15 is 0 Å². The zero-order valence-corrected chi connectivity index (χ0v) is 21.4. The maximum Gasteiger partial charge on any atom is 0.243 e. The first-order valence-corrected chi connectivity index (χ1v) is 12.4. The van der Waals surface area contributed by atoms with Crippen molar-refractivity contribution in [3.8, 4) is 5.75 Å². The average Bonchev–Trinajstić information content (AvgIpc) is 2.87. The molecule has 0 spiro atoms. The Morgan fingerprint density at radius 2 is 1.76 bits per heavy atom. The van der Waals surface area contributed by atoms with Crippen molar-refractivity contribution in [1.29, 1.82) is 0 Å². The lowest BCUT2D eigenvalue weighted by atomic mass is 10.0. The normalized spacial score (nSPS) is 22.7. The lowest BCUT2D eigenvalue weighted by Crippen LogP contribution is -2.54. The lowest BCUT2D eigenvalue weighted by molar-refractivity contribution is -0.138. The molecule has 3 N–H and O–H groups in total. The van der Waals surface area contributed by atoms with Crippen LogP contribution in [0.5, 0.6) is 5.75 Å². The zero-order chi connectivity index (χ0) is 26.9. The van der Waals surface area contributed by atoms with Crippen LogP contribution in [0.25, 0.3) is 0 Å². The van der Waals surface area contributed by atoms with Crippen molar-refractivity contribution in [2.75, 3.05) is 26.7 Å². The van der Waals surface area contributed by atoms with Crippen LogP contribution in [0.3, 0.4) is 0 Å². The summed E-state index contributed by atoms with van der Waals surface area (Å²) < 4.78 is 33.7. The highest BCUT2D eigenvalue weighted by Crippen LogP contribution is 2.25. The molecule has 0 fully saturated rings. The summed E-state index contributed by atoms with van der Waals surface area (Å²) in [4.78, 5) is 40.0. The summed E-state index contributed by atoms with van der Waals surface area (Å²) in [5, 5.41) is 8.55. The molecule has 10 heteroatoms. The van der Waals surface area contributed by atoms with Gasteiger partial charge in [-0.3, -0.25) is 14.4 Å². The largest absolute Gasteiger partial charge is 0.486 e. The number of hydrogen-bond acceptors (Lipinski definition) is 5. The molecule has 1 aliphatic heterocycles. The molecule has 1 aliphatic rings. The first-order chi connectivity index (χ1) is 17.7.